The first-order chi connectivity index (χ1) is 10.0. The Bertz CT molecular complexity index is 492. The normalized spacial score (nSPS) is 11.4. The van der Waals surface area contributed by atoms with Crippen molar-refractivity contribution >= 4 is 17.9 Å². The van der Waals surface area contributed by atoms with Crippen LogP contribution in [0.25, 0.3) is 0 Å². The molecule has 0 aromatic heterocycles. The molecule has 1 unspecified atom stereocenters. The highest BCUT2D eigenvalue weighted by atomic mass is 16.5. The highest BCUT2D eigenvalue weighted by molar-refractivity contribution is 5.83. The number of carbonyl (C=O) groups is 3. The van der Waals surface area contributed by atoms with Crippen molar-refractivity contribution in [3.05, 3.63) is 35.9 Å². The molecule has 0 saturated heterocycles. The lowest BCUT2D eigenvalue weighted by atomic mass is 10.1. The van der Waals surface area contributed by atoms with Gasteiger partial charge in [0.25, 0.3) is 0 Å². The SMILES string of the molecule is NC(=O)COCCNC(=O)NC(C(=O)O)c1ccccc1. The summed E-state index contributed by atoms with van der Waals surface area (Å²) in [6.07, 6.45) is 0. The molecule has 8 nitrogen and oxygen atoms in total. The van der Waals surface area contributed by atoms with Crippen LogP contribution in [0.4, 0.5) is 4.79 Å². The Hall–Kier alpha value is -2.61. The smallest absolute Gasteiger partial charge is 0.330 e. The monoisotopic (exact) mass is 295 g/mol. The Morgan fingerprint density at radius 2 is 1.90 bits per heavy atom. The molecule has 1 aromatic rings. The number of aliphatic carboxylic acids is 1. The molecule has 114 valence electrons. The van der Waals surface area contributed by atoms with Crippen LogP contribution in [0.1, 0.15) is 11.6 Å². The largest absolute Gasteiger partial charge is 0.479 e. The van der Waals surface area contributed by atoms with Crippen LogP contribution < -0.4 is 16.4 Å². The number of primary amides is 1. The molecule has 0 fully saturated rings. The summed E-state index contributed by atoms with van der Waals surface area (Å²) in [5.41, 5.74) is 5.33. The van der Waals surface area contributed by atoms with E-state index in [1.54, 1.807) is 30.3 Å². The van der Waals surface area contributed by atoms with Gasteiger partial charge in [0.2, 0.25) is 5.91 Å². The van der Waals surface area contributed by atoms with Gasteiger partial charge in [0.15, 0.2) is 6.04 Å². The topological polar surface area (TPSA) is 131 Å². The number of carbonyl (C=O) groups excluding carboxylic acids is 2. The first-order valence-corrected chi connectivity index (χ1v) is 6.19. The van der Waals surface area contributed by atoms with Crippen molar-refractivity contribution in [2.75, 3.05) is 19.8 Å². The first kappa shape index (κ1) is 16.4. The molecular weight excluding hydrogens is 278 g/mol. The molecule has 0 heterocycles. The number of amides is 3. The van der Waals surface area contributed by atoms with Crippen molar-refractivity contribution in [3.63, 3.8) is 0 Å². The molecule has 0 aliphatic rings. The van der Waals surface area contributed by atoms with Crippen molar-refractivity contribution in [2.24, 2.45) is 5.73 Å². The van der Waals surface area contributed by atoms with Crippen LogP contribution >= 0.6 is 0 Å². The van der Waals surface area contributed by atoms with Gasteiger partial charge in [0.05, 0.1) is 6.61 Å². The molecule has 21 heavy (non-hydrogen) atoms. The summed E-state index contributed by atoms with van der Waals surface area (Å²) in [5, 5.41) is 13.9. The van der Waals surface area contributed by atoms with Gasteiger partial charge in [0.1, 0.15) is 6.61 Å². The summed E-state index contributed by atoms with van der Waals surface area (Å²) in [6, 6.07) is 6.54. The summed E-state index contributed by atoms with van der Waals surface area (Å²) in [7, 11) is 0. The number of ether oxygens (including phenoxy) is 1. The fourth-order valence-corrected chi connectivity index (χ4v) is 1.52. The number of hydrogen-bond donors (Lipinski definition) is 4. The second-order valence-corrected chi connectivity index (χ2v) is 4.10. The van der Waals surface area contributed by atoms with E-state index in [0.29, 0.717) is 5.56 Å². The zero-order valence-corrected chi connectivity index (χ0v) is 11.2. The van der Waals surface area contributed by atoms with E-state index in [2.05, 4.69) is 10.6 Å². The minimum atomic E-state index is -1.17. The fourth-order valence-electron chi connectivity index (χ4n) is 1.52. The van der Waals surface area contributed by atoms with Crippen LogP contribution in [-0.4, -0.2) is 42.8 Å². The summed E-state index contributed by atoms with van der Waals surface area (Å²) >= 11 is 0. The van der Waals surface area contributed by atoms with E-state index < -0.39 is 23.9 Å². The third-order valence-corrected chi connectivity index (χ3v) is 2.43. The summed E-state index contributed by atoms with van der Waals surface area (Å²) < 4.78 is 4.85. The third-order valence-electron chi connectivity index (χ3n) is 2.43. The standard InChI is InChI=1S/C13H17N3O5/c14-10(17)8-21-7-6-15-13(20)16-11(12(18)19)9-4-2-1-3-5-9/h1-5,11H,6-8H2,(H2,14,17)(H,18,19)(H2,15,16,20). The number of carboxylic acid groups (broad SMARTS) is 1. The second-order valence-electron chi connectivity index (χ2n) is 4.10. The van der Waals surface area contributed by atoms with Crippen LogP contribution in [0.5, 0.6) is 0 Å². The molecule has 0 bridgehead atoms. The molecular formula is C13H17N3O5. The number of nitrogens with two attached hydrogens (primary N) is 1. The minimum absolute atomic E-state index is 0.0967. The van der Waals surface area contributed by atoms with Gasteiger partial charge in [-0.2, -0.15) is 0 Å². The van der Waals surface area contributed by atoms with Crippen molar-refractivity contribution in [2.45, 2.75) is 6.04 Å². The van der Waals surface area contributed by atoms with Gasteiger partial charge in [-0.25, -0.2) is 9.59 Å². The van der Waals surface area contributed by atoms with Gasteiger partial charge in [0, 0.05) is 6.54 Å². The Labute approximate surface area is 121 Å². The number of nitrogens with one attached hydrogen (secondary N) is 2. The maximum Gasteiger partial charge on any atom is 0.330 e. The molecule has 0 aliphatic carbocycles. The number of hydrogen-bond acceptors (Lipinski definition) is 4. The Morgan fingerprint density at radius 3 is 2.48 bits per heavy atom. The average Bonchev–Trinajstić information content (AvgIpc) is 2.44. The van der Waals surface area contributed by atoms with Gasteiger partial charge in [-0.1, -0.05) is 30.3 Å². The van der Waals surface area contributed by atoms with E-state index in [9.17, 15) is 14.4 Å². The maximum atomic E-state index is 11.6. The molecule has 0 radical (unpaired) electrons. The highest BCUT2D eigenvalue weighted by Crippen LogP contribution is 2.12. The molecule has 0 spiro atoms. The zero-order valence-electron chi connectivity index (χ0n) is 11.2. The van der Waals surface area contributed by atoms with E-state index >= 15 is 0 Å². The van der Waals surface area contributed by atoms with Crippen molar-refractivity contribution in [1.82, 2.24) is 10.6 Å². The van der Waals surface area contributed by atoms with Gasteiger partial charge < -0.3 is 26.2 Å². The summed E-state index contributed by atoms with van der Waals surface area (Å²) in [6.45, 7) is -0.00918. The predicted octanol–water partition coefficient (Wildman–Crippen LogP) is -0.387. The van der Waals surface area contributed by atoms with Gasteiger partial charge in [-0.15, -0.1) is 0 Å². The summed E-state index contributed by atoms with van der Waals surface area (Å²) in [5.74, 6) is -1.77. The van der Waals surface area contributed by atoms with Gasteiger partial charge in [-0.3, -0.25) is 4.79 Å². The molecule has 5 N–H and O–H groups in total. The lowest BCUT2D eigenvalue weighted by Crippen LogP contribution is -2.42. The fraction of sp³-hybridized carbons (Fsp3) is 0.308. The Morgan fingerprint density at radius 1 is 1.24 bits per heavy atom. The van der Waals surface area contributed by atoms with Crippen LogP contribution in [0, 0.1) is 0 Å². The van der Waals surface area contributed by atoms with E-state index in [1.165, 1.54) is 0 Å². The number of urea groups is 1. The van der Waals surface area contributed by atoms with Crippen LogP contribution in [0.15, 0.2) is 30.3 Å². The second kappa shape index (κ2) is 8.54. The van der Waals surface area contributed by atoms with E-state index in [0.717, 1.165) is 0 Å². The van der Waals surface area contributed by atoms with E-state index in [1.807, 2.05) is 0 Å². The number of carboxylic acids is 1. The van der Waals surface area contributed by atoms with Crippen LogP contribution in [0.3, 0.4) is 0 Å². The highest BCUT2D eigenvalue weighted by Gasteiger charge is 2.21. The zero-order chi connectivity index (χ0) is 15.7. The van der Waals surface area contributed by atoms with Gasteiger partial charge in [-0.05, 0) is 5.56 Å². The molecule has 0 aliphatic heterocycles. The minimum Gasteiger partial charge on any atom is -0.479 e. The van der Waals surface area contributed by atoms with Crippen molar-refractivity contribution in [3.8, 4) is 0 Å². The van der Waals surface area contributed by atoms with Crippen molar-refractivity contribution in [1.29, 1.82) is 0 Å². The number of rotatable bonds is 8. The molecule has 1 rings (SSSR count). The number of benzene rings is 1. The maximum absolute atomic E-state index is 11.6. The van der Waals surface area contributed by atoms with Gasteiger partial charge >= 0.3 is 12.0 Å². The Balaban J connectivity index is 2.40. The first-order valence-electron chi connectivity index (χ1n) is 6.19. The Kier molecular flexibility index (Phi) is 6.69. The average molecular weight is 295 g/mol. The van der Waals surface area contributed by atoms with Crippen LogP contribution in [-0.2, 0) is 14.3 Å². The quantitative estimate of drug-likeness (QED) is 0.485. The van der Waals surface area contributed by atoms with E-state index in [4.69, 9.17) is 15.6 Å². The predicted molar refractivity (Wildman–Crippen MR) is 73.4 cm³/mol. The van der Waals surface area contributed by atoms with Crippen LogP contribution in [0.2, 0.25) is 0 Å². The molecule has 3 amide bonds. The lowest BCUT2D eigenvalue weighted by Gasteiger charge is -2.15. The molecule has 8 heteroatoms. The van der Waals surface area contributed by atoms with E-state index in [-0.39, 0.29) is 19.8 Å². The molecule has 1 atom stereocenters. The third kappa shape index (κ3) is 6.39. The molecule has 0 saturated carbocycles. The van der Waals surface area contributed by atoms with Crippen molar-refractivity contribution < 1.29 is 24.2 Å². The summed E-state index contributed by atoms with van der Waals surface area (Å²) in [4.78, 5) is 33.2. The lowest BCUT2D eigenvalue weighted by molar-refractivity contribution is -0.139. The molecule has 1 aromatic carbocycles.